The van der Waals surface area contributed by atoms with Crippen molar-refractivity contribution in [1.29, 1.82) is 0 Å². The number of halogens is 13. The van der Waals surface area contributed by atoms with Crippen molar-refractivity contribution in [1.82, 2.24) is 10.6 Å². The number of rotatable bonds is 9. The van der Waals surface area contributed by atoms with E-state index < -0.39 is 87.0 Å². The lowest BCUT2D eigenvalue weighted by Crippen LogP contribution is -2.49. The van der Waals surface area contributed by atoms with Gasteiger partial charge in [-0.15, -0.1) is 0 Å². The summed E-state index contributed by atoms with van der Waals surface area (Å²) in [5.41, 5.74) is -4.55. The van der Waals surface area contributed by atoms with Crippen LogP contribution in [0.4, 0.5) is 43.9 Å². The van der Waals surface area contributed by atoms with E-state index in [9.17, 15) is 49.1 Å². The standard InChI is InChI=1S/C25H19Cl3F10N2O2/c1-2-3-19(39-20(41)10-23(30,31)32)40-22(42)13-5-4-11(6-15(13)25(36,37)38)18(29)9-14(24(33,34)35)12-7-16(26)21(28)17(27)8-12/h4-9,14,19H,2-3,10H2,1H3,(H,39,41)(H,40,42)/b18-9-/t14?,19-/m1/s1. The lowest BCUT2D eigenvalue weighted by atomic mass is 9.95. The number of allylic oxidation sites excluding steroid dienone is 1. The molecule has 2 rings (SSSR count). The van der Waals surface area contributed by atoms with Crippen molar-refractivity contribution in [3.8, 4) is 0 Å². The third-order valence-corrected chi connectivity index (χ3v) is 6.65. The van der Waals surface area contributed by atoms with Crippen molar-refractivity contribution in [2.45, 2.75) is 56.8 Å². The smallest absolute Gasteiger partial charge is 0.336 e. The summed E-state index contributed by atoms with van der Waals surface area (Å²) >= 11 is 17.3. The number of nitrogens with one attached hydrogen (secondary N) is 2. The number of carbonyl (C=O) groups is 2. The van der Waals surface area contributed by atoms with Crippen molar-refractivity contribution in [2.24, 2.45) is 0 Å². The van der Waals surface area contributed by atoms with Crippen LogP contribution in [0.3, 0.4) is 0 Å². The first-order valence-electron chi connectivity index (χ1n) is 11.6. The zero-order valence-electron chi connectivity index (χ0n) is 21.0. The Kier molecular flexibility index (Phi) is 11.6. The van der Waals surface area contributed by atoms with E-state index in [2.05, 4.69) is 0 Å². The van der Waals surface area contributed by atoms with Crippen molar-refractivity contribution in [3.05, 3.63) is 73.7 Å². The second kappa shape index (κ2) is 13.7. The molecule has 0 heterocycles. The molecule has 2 aromatic carbocycles. The molecule has 232 valence electrons. The van der Waals surface area contributed by atoms with Crippen LogP contribution in [0.5, 0.6) is 0 Å². The summed E-state index contributed by atoms with van der Waals surface area (Å²) in [5, 5.41) is 2.75. The summed E-state index contributed by atoms with van der Waals surface area (Å²) in [5.74, 6) is -7.53. The maximum Gasteiger partial charge on any atom is 0.417 e. The van der Waals surface area contributed by atoms with E-state index in [1.165, 1.54) is 6.92 Å². The molecule has 0 aliphatic heterocycles. The summed E-state index contributed by atoms with van der Waals surface area (Å²) < 4.78 is 135. The highest BCUT2D eigenvalue weighted by molar-refractivity contribution is 6.48. The molecule has 0 radical (unpaired) electrons. The molecule has 0 spiro atoms. The van der Waals surface area contributed by atoms with Crippen LogP contribution in [-0.2, 0) is 11.0 Å². The molecule has 42 heavy (non-hydrogen) atoms. The predicted octanol–water partition coefficient (Wildman–Crippen LogP) is 9.25. The Bertz CT molecular complexity index is 1320. The molecule has 0 saturated carbocycles. The van der Waals surface area contributed by atoms with Gasteiger partial charge in [0.05, 0.1) is 26.2 Å². The number of benzene rings is 2. The van der Waals surface area contributed by atoms with Crippen LogP contribution >= 0.6 is 34.8 Å². The van der Waals surface area contributed by atoms with Crippen molar-refractivity contribution in [2.75, 3.05) is 0 Å². The Morgan fingerprint density at radius 3 is 1.95 bits per heavy atom. The van der Waals surface area contributed by atoms with E-state index >= 15 is 4.39 Å². The van der Waals surface area contributed by atoms with Gasteiger partial charge in [-0.1, -0.05) is 54.2 Å². The zero-order chi connectivity index (χ0) is 32.2. The molecule has 0 aromatic heterocycles. The third-order valence-electron chi connectivity index (χ3n) is 5.46. The number of alkyl halides is 9. The second-order valence-corrected chi connectivity index (χ2v) is 9.96. The minimum Gasteiger partial charge on any atom is -0.336 e. The van der Waals surface area contributed by atoms with E-state index in [-0.39, 0.29) is 30.0 Å². The lowest BCUT2D eigenvalue weighted by Gasteiger charge is -2.22. The quantitative estimate of drug-likeness (QED) is 0.158. The summed E-state index contributed by atoms with van der Waals surface area (Å²) in [7, 11) is 0. The first kappa shape index (κ1) is 35.5. The molecule has 17 heteroatoms. The molecular weight excluding hydrogens is 657 g/mol. The topological polar surface area (TPSA) is 58.2 Å². The van der Waals surface area contributed by atoms with Crippen LogP contribution in [0.1, 0.15) is 59.2 Å². The van der Waals surface area contributed by atoms with Gasteiger partial charge in [0.2, 0.25) is 5.91 Å². The van der Waals surface area contributed by atoms with Gasteiger partial charge in [0.1, 0.15) is 24.3 Å². The Labute approximate surface area is 247 Å². The molecule has 2 amide bonds. The number of hydrogen-bond donors (Lipinski definition) is 2. The maximum atomic E-state index is 15.0. The lowest BCUT2D eigenvalue weighted by molar-refractivity contribution is -0.154. The maximum absolute atomic E-state index is 15.0. The fourth-order valence-corrected chi connectivity index (χ4v) is 4.25. The van der Waals surface area contributed by atoms with Gasteiger partial charge in [-0.05, 0) is 42.3 Å². The number of carbonyl (C=O) groups excluding carboxylic acids is 2. The first-order valence-corrected chi connectivity index (χ1v) is 12.7. The third kappa shape index (κ3) is 9.94. The molecule has 2 N–H and O–H groups in total. The SMILES string of the molecule is CCC[C@H](NC(=O)CC(F)(F)F)NC(=O)c1ccc(/C(F)=C/C(c2cc(Cl)c(Cl)c(Cl)c2)C(F)(F)F)cc1C(F)(F)F. The molecule has 0 saturated heterocycles. The van der Waals surface area contributed by atoms with Crippen LogP contribution in [0.25, 0.3) is 5.83 Å². The highest BCUT2D eigenvalue weighted by Gasteiger charge is 2.41. The minimum absolute atomic E-state index is 0.0153. The van der Waals surface area contributed by atoms with E-state index in [4.69, 9.17) is 34.8 Å². The Hall–Kier alpha value is -2.71. The van der Waals surface area contributed by atoms with E-state index in [1.807, 2.05) is 10.6 Å². The Morgan fingerprint density at radius 1 is 0.905 bits per heavy atom. The van der Waals surface area contributed by atoms with Gasteiger partial charge in [-0.25, -0.2) is 4.39 Å². The molecule has 0 fully saturated rings. The highest BCUT2D eigenvalue weighted by Crippen LogP contribution is 2.43. The normalized spacial score (nSPS) is 14.4. The van der Waals surface area contributed by atoms with E-state index in [1.54, 1.807) is 0 Å². The van der Waals surface area contributed by atoms with E-state index in [0.717, 1.165) is 12.1 Å². The fourth-order valence-electron chi connectivity index (χ4n) is 3.63. The molecule has 2 atom stereocenters. The van der Waals surface area contributed by atoms with Crippen molar-refractivity contribution in [3.63, 3.8) is 0 Å². The summed E-state index contributed by atoms with van der Waals surface area (Å²) in [6.07, 6.45) is -18.8. The first-order chi connectivity index (χ1) is 19.1. The molecule has 0 aliphatic rings. The van der Waals surface area contributed by atoms with Gasteiger partial charge >= 0.3 is 18.5 Å². The van der Waals surface area contributed by atoms with Crippen LogP contribution in [0.15, 0.2) is 36.4 Å². The van der Waals surface area contributed by atoms with Gasteiger partial charge in [-0.2, -0.15) is 39.5 Å². The number of hydrogen-bond acceptors (Lipinski definition) is 2. The molecule has 2 aromatic rings. The molecule has 0 aliphatic carbocycles. The van der Waals surface area contributed by atoms with Gasteiger partial charge in [0.25, 0.3) is 5.91 Å². The van der Waals surface area contributed by atoms with Gasteiger partial charge in [0, 0.05) is 5.56 Å². The summed E-state index contributed by atoms with van der Waals surface area (Å²) in [6, 6.07) is 2.68. The average Bonchev–Trinajstić information content (AvgIpc) is 2.82. The Balaban J connectivity index is 2.48. The van der Waals surface area contributed by atoms with Crippen LogP contribution in [0.2, 0.25) is 15.1 Å². The van der Waals surface area contributed by atoms with E-state index in [0.29, 0.717) is 12.1 Å². The fraction of sp³-hybridized carbons (Fsp3) is 0.360. The molecule has 1 unspecified atom stereocenters. The monoisotopic (exact) mass is 674 g/mol. The van der Waals surface area contributed by atoms with Crippen molar-refractivity contribution >= 4 is 52.4 Å². The largest absolute Gasteiger partial charge is 0.417 e. The Morgan fingerprint density at radius 2 is 1.48 bits per heavy atom. The van der Waals surface area contributed by atoms with Crippen LogP contribution in [0, 0.1) is 0 Å². The van der Waals surface area contributed by atoms with Gasteiger partial charge < -0.3 is 10.6 Å². The number of amides is 2. The predicted molar refractivity (Wildman–Crippen MR) is 136 cm³/mol. The zero-order valence-corrected chi connectivity index (χ0v) is 23.2. The van der Waals surface area contributed by atoms with Crippen LogP contribution in [-0.4, -0.2) is 30.3 Å². The van der Waals surface area contributed by atoms with Gasteiger partial charge in [0.15, 0.2) is 0 Å². The summed E-state index contributed by atoms with van der Waals surface area (Å²) in [4.78, 5) is 24.3. The molecule has 4 nitrogen and oxygen atoms in total. The highest BCUT2D eigenvalue weighted by atomic mass is 35.5. The second-order valence-electron chi connectivity index (χ2n) is 8.76. The molecular formula is C25H19Cl3F10N2O2. The average molecular weight is 676 g/mol. The van der Waals surface area contributed by atoms with Crippen molar-refractivity contribution < 1.29 is 53.5 Å². The van der Waals surface area contributed by atoms with Gasteiger partial charge in [-0.3, -0.25) is 9.59 Å². The summed E-state index contributed by atoms with van der Waals surface area (Å²) in [6.45, 7) is 1.51. The molecule has 0 bridgehead atoms. The van der Waals surface area contributed by atoms with Crippen LogP contribution < -0.4 is 10.6 Å². The minimum atomic E-state index is -5.33.